The molecule has 2 N–H and O–H groups in total. The van der Waals surface area contributed by atoms with Crippen LogP contribution in [0.15, 0.2) is 54.6 Å². The first kappa shape index (κ1) is 20.0. The molecule has 0 aliphatic heterocycles. The van der Waals surface area contributed by atoms with E-state index in [-0.39, 0.29) is 12.6 Å². The molecular formula is C22H23Cl2NO2. The second-order valence-corrected chi connectivity index (χ2v) is 7.24. The Bertz CT molecular complexity index is 890. The summed E-state index contributed by atoms with van der Waals surface area (Å²) < 4.78 is 6.12. The number of rotatable bonds is 8. The predicted octanol–water partition coefficient (Wildman–Crippen LogP) is 5.59. The van der Waals surface area contributed by atoms with Gasteiger partial charge in [0.25, 0.3) is 0 Å². The van der Waals surface area contributed by atoms with E-state index < -0.39 is 0 Å². The Kier molecular flexibility index (Phi) is 6.97. The lowest BCUT2D eigenvalue weighted by Crippen LogP contribution is -2.31. The Morgan fingerprint density at radius 2 is 1.70 bits per heavy atom. The van der Waals surface area contributed by atoms with Crippen molar-refractivity contribution in [1.29, 1.82) is 0 Å². The molecule has 0 saturated heterocycles. The fourth-order valence-electron chi connectivity index (χ4n) is 3.04. The van der Waals surface area contributed by atoms with Crippen molar-refractivity contribution in [2.24, 2.45) is 0 Å². The Morgan fingerprint density at radius 3 is 2.41 bits per heavy atom. The van der Waals surface area contributed by atoms with Gasteiger partial charge in [0.15, 0.2) is 0 Å². The summed E-state index contributed by atoms with van der Waals surface area (Å²) in [6, 6.07) is 17.7. The number of aliphatic hydroxyl groups excluding tert-OH is 1. The van der Waals surface area contributed by atoms with Crippen molar-refractivity contribution in [2.75, 3.05) is 6.61 Å². The second kappa shape index (κ2) is 9.43. The monoisotopic (exact) mass is 403 g/mol. The molecule has 0 spiro atoms. The van der Waals surface area contributed by atoms with Gasteiger partial charge in [0.05, 0.1) is 6.61 Å². The van der Waals surface area contributed by atoms with Crippen molar-refractivity contribution < 1.29 is 9.84 Å². The highest BCUT2D eigenvalue weighted by Gasteiger charge is 2.13. The van der Waals surface area contributed by atoms with Crippen LogP contribution in [-0.4, -0.2) is 17.8 Å². The van der Waals surface area contributed by atoms with Crippen LogP contribution in [0.2, 0.25) is 10.0 Å². The van der Waals surface area contributed by atoms with E-state index in [1.54, 1.807) is 0 Å². The van der Waals surface area contributed by atoms with Crippen LogP contribution < -0.4 is 10.1 Å². The van der Waals surface area contributed by atoms with Gasteiger partial charge in [-0.1, -0.05) is 66.5 Å². The zero-order chi connectivity index (χ0) is 19.2. The number of ether oxygens (including phenoxy) is 1. The number of hydrogen-bond acceptors (Lipinski definition) is 3. The standard InChI is InChI=1S/C22H23Cl2NO2/c1-2-16(13-26)25-12-18-17-7-4-3-6-15(17)10-11-22(18)27-14-19-20(23)8-5-9-21(19)24/h3-11,16,25-26H,2,12-14H2,1H3/t16-/m1/s1. The quantitative estimate of drug-likeness (QED) is 0.515. The van der Waals surface area contributed by atoms with Crippen molar-refractivity contribution in [1.82, 2.24) is 5.32 Å². The van der Waals surface area contributed by atoms with Gasteiger partial charge in [-0.3, -0.25) is 0 Å². The fourth-order valence-corrected chi connectivity index (χ4v) is 3.54. The average Bonchev–Trinajstić information content (AvgIpc) is 2.69. The molecule has 27 heavy (non-hydrogen) atoms. The Balaban J connectivity index is 1.90. The van der Waals surface area contributed by atoms with Crippen molar-refractivity contribution >= 4 is 34.0 Å². The van der Waals surface area contributed by atoms with Crippen LogP contribution in [-0.2, 0) is 13.2 Å². The van der Waals surface area contributed by atoms with E-state index in [0.717, 1.165) is 34.1 Å². The van der Waals surface area contributed by atoms with E-state index in [1.807, 2.05) is 49.4 Å². The van der Waals surface area contributed by atoms with Gasteiger partial charge >= 0.3 is 0 Å². The molecule has 0 aliphatic rings. The number of hydrogen-bond donors (Lipinski definition) is 2. The maximum atomic E-state index is 9.48. The Hall–Kier alpha value is -1.78. The van der Waals surface area contributed by atoms with Crippen molar-refractivity contribution in [3.63, 3.8) is 0 Å². The van der Waals surface area contributed by atoms with Gasteiger partial charge in [-0.25, -0.2) is 0 Å². The summed E-state index contributed by atoms with van der Waals surface area (Å²) >= 11 is 12.5. The Labute approximate surface area is 169 Å². The molecule has 0 amide bonds. The summed E-state index contributed by atoms with van der Waals surface area (Å²) in [6.45, 7) is 3.05. The molecule has 3 aromatic carbocycles. The van der Waals surface area contributed by atoms with E-state index in [0.29, 0.717) is 23.2 Å². The predicted molar refractivity (Wildman–Crippen MR) is 113 cm³/mol. The second-order valence-electron chi connectivity index (χ2n) is 6.42. The van der Waals surface area contributed by atoms with E-state index in [2.05, 4.69) is 17.4 Å². The van der Waals surface area contributed by atoms with Gasteiger partial charge in [-0.2, -0.15) is 0 Å². The molecule has 142 valence electrons. The minimum Gasteiger partial charge on any atom is -0.488 e. The Morgan fingerprint density at radius 1 is 0.963 bits per heavy atom. The molecule has 0 saturated carbocycles. The molecule has 3 nitrogen and oxygen atoms in total. The van der Waals surface area contributed by atoms with E-state index in [9.17, 15) is 5.11 Å². The van der Waals surface area contributed by atoms with Crippen LogP contribution in [0, 0.1) is 0 Å². The number of halogens is 2. The SMILES string of the molecule is CC[C@H](CO)NCc1c(OCc2c(Cl)cccc2Cl)ccc2ccccc12. The first-order chi connectivity index (χ1) is 13.1. The molecule has 5 heteroatoms. The van der Waals surface area contributed by atoms with E-state index in [4.69, 9.17) is 27.9 Å². The molecule has 0 fully saturated rings. The van der Waals surface area contributed by atoms with Crippen molar-refractivity contribution in [3.05, 3.63) is 75.8 Å². The summed E-state index contributed by atoms with van der Waals surface area (Å²) in [5.41, 5.74) is 1.83. The van der Waals surface area contributed by atoms with Crippen LogP contribution in [0.5, 0.6) is 5.75 Å². The zero-order valence-electron chi connectivity index (χ0n) is 15.2. The third-order valence-electron chi connectivity index (χ3n) is 4.71. The topological polar surface area (TPSA) is 41.5 Å². The molecule has 0 radical (unpaired) electrons. The fraction of sp³-hybridized carbons (Fsp3) is 0.273. The van der Waals surface area contributed by atoms with Gasteiger partial charge in [-0.15, -0.1) is 0 Å². The molecule has 3 aromatic rings. The van der Waals surface area contributed by atoms with Crippen LogP contribution in [0.3, 0.4) is 0 Å². The molecule has 0 aromatic heterocycles. The highest BCUT2D eigenvalue weighted by Crippen LogP contribution is 2.31. The summed E-state index contributed by atoms with van der Waals surface area (Å²) in [5.74, 6) is 0.782. The van der Waals surface area contributed by atoms with Gasteiger partial charge in [0.2, 0.25) is 0 Å². The number of aliphatic hydroxyl groups is 1. The number of fused-ring (bicyclic) bond motifs is 1. The normalized spacial score (nSPS) is 12.3. The molecule has 0 bridgehead atoms. The maximum Gasteiger partial charge on any atom is 0.124 e. The number of nitrogens with one attached hydrogen (secondary N) is 1. The highest BCUT2D eigenvalue weighted by molar-refractivity contribution is 6.35. The lowest BCUT2D eigenvalue weighted by Gasteiger charge is -2.19. The summed E-state index contributed by atoms with van der Waals surface area (Å²) in [5, 5.41) is 16.3. The highest BCUT2D eigenvalue weighted by atomic mass is 35.5. The molecular weight excluding hydrogens is 381 g/mol. The lowest BCUT2D eigenvalue weighted by molar-refractivity contribution is 0.237. The van der Waals surface area contributed by atoms with Crippen LogP contribution in [0.1, 0.15) is 24.5 Å². The van der Waals surface area contributed by atoms with Crippen LogP contribution in [0.4, 0.5) is 0 Å². The van der Waals surface area contributed by atoms with E-state index in [1.165, 1.54) is 0 Å². The van der Waals surface area contributed by atoms with Gasteiger partial charge in [0, 0.05) is 33.8 Å². The summed E-state index contributed by atoms with van der Waals surface area (Å²) in [6.07, 6.45) is 0.854. The lowest BCUT2D eigenvalue weighted by atomic mass is 10.0. The minimum absolute atomic E-state index is 0.0508. The average molecular weight is 404 g/mol. The first-order valence-corrected chi connectivity index (χ1v) is 9.80. The molecule has 0 aliphatic carbocycles. The molecule has 1 atom stereocenters. The zero-order valence-corrected chi connectivity index (χ0v) is 16.7. The molecule has 0 unspecified atom stereocenters. The van der Waals surface area contributed by atoms with E-state index >= 15 is 0 Å². The van der Waals surface area contributed by atoms with Crippen LogP contribution >= 0.6 is 23.2 Å². The number of benzene rings is 3. The first-order valence-electron chi connectivity index (χ1n) is 9.04. The van der Waals surface area contributed by atoms with Gasteiger partial charge < -0.3 is 15.2 Å². The molecule has 3 rings (SSSR count). The maximum absolute atomic E-state index is 9.48. The van der Waals surface area contributed by atoms with Crippen LogP contribution in [0.25, 0.3) is 10.8 Å². The largest absolute Gasteiger partial charge is 0.488 e. The van der Waals surface area contributed by atoms with Crippen molar-refractivity contribution in [3.8, 4) is 5.75 Å². The van der Waals surface area contributed by atoms with Gasteiger partial charge in [0.1, 0.15) is 12.4 Å². The van der Waals surface area contributed by atoms with Gasteiger partial charge in [-0.05, 0) is 35.4 Å². The third kappa shape index (κ3) is 4.74. The molecule has 0 heterocycles. The minimum atomic E-state index is 0.0508. The summed E-state index contributed by atoms with van der Waals surface area (Å²) in [7, 11) is 0. The van der Waals surface area contributed by atoms with Crippen molar-refractivity contribution in [2.45, 2.75) is 32.5 Å². The third-order valence-corrected chi connectivity index (χ3v) is 5.42. The smallest absolute Gasteiger partial charge is 0.124 e. The summed E-state index contributed by atoms with van der Waals surface area (Å²) in [4.78, 5) is 0.